The fourth-order valence-electron chi connectivity index (χ4n) is 18.8. The van der Waals surface area contributed by atoms with Crippen molar-refractivity contribution in [2.24, 2.45) is 5.92 Å². The number of likely N-dealkylation sites (tertiary alicyclic amines) is 2. The SMILES string of the molecule is Cc1cc2nc3c(=O)[nH]c(=O)nc-3n(CCN3CCCCC3c3ccccc3C)c2cc1C.Cc1cc2nc3c(=O)[nH]c(=O)nc-3n(CCN3CCCc4ccccc43)c2cc1C.Cc1cc2nc3c(=O)[nH]c(=O)nc-3n(CCNC(C)C3CCCCC3)c2cc1C.Cc1ccc(C2CCCCN2CCn2c3nc(=O)[nH]c(=O)c-3nc3cc(C)c(C)cc32)cc1. The minimum absolute atomic E-state index is 0.199. The van der Waals surface area contributed by atoms with Gasteiger partial charge in [-0.05, 0) is 268 Å². The summed E-state index contributed by atoms with van der Waals surface area (Å²) in [6.07, 6.45) is 15.8. The molecule has 11 aliphatic heterocycles. The number of nitrogens with one attached hydrogen (secondary N) is 5. The molecule has 3 atom stereocenters. The summed E-state index contributed by atoms with van der Waals surface area (Å²) in [5, 5.41) is 3.65. The largest absolute Gasteiger partial charge is 0.370 e. The van der Waals surface area contributed by atoms with Crippen LogP contribution >= 0.6 is 0 Å². The number of hydrogen-bond donors (Lipinski definition) is 5. The maximum Gasteiger partial charge on any atom is 0.349 e. The van der Waals surface area contributed by atoms with Crippen LogP contribution in [0.5, 0.6) is 0 Å². The molecule has 5 N–H and O–H groups in total. The van der Waals surface area contributed by atoms with Gasteiger partial charge in [-0.15, -0.1) is 0 Å². The topological polar surface area (TPSA) is 344 Å². The number of aromatic nitrogens is 16. The Morgan fingerprint density at radius 2 is 0.736 bits per heavy atom. The van der Waals surface area contributed by atoms with Crippen molar-refractivity contribution in [3.63, 3.8) is 0 Å². The zero-order valence-electron chi connectivity index (χ0n) is 73.3. The number of fused-ring (bicyclic) bond motifs is 9. The number of piperidine rings is 2. The lowest BCUT2D eigenvalue weighted by Crippen LogP contribution is -2.37. The van der Waals surface area contributed by atoms with E-state index in [2.05, 4.69) is 225 Å². The van der Waals surface area contributed by atoms with Crippen LogP contribution in [0, 0.1) is 75.2 Å². The van der Waals surface area contributed by atoms with Crippen LogP contribution in [0.4, 0.5) is 5.69 Å². The summed E-state index contributed by atoms with van der Waals surface area (Å²) in [5.74, 6) is 2.11. The second-order valence-electron chi connectivity index (χ2n) is 34.7. The fraction of sp³-hybridized carbons (Fsp3) is 0.402. The van der Waals surface area contributed by atoms with Crippen molar-refractivity contribution in [3.05, 3.63) is 277 Å². The van der Waals surface area contributed by atoms with Crippen molar-refractivity contribution in [3.8, 4) is 46.1 Å². The van der Waals surface area contributed by atoms with E-state index in [0.717, 1.165) is 166 Å². The van der Waals surface area contributed by atoms with Gasteiger partial charge in [0, 0.05) is 82.7 Å². The van der Waals surface area contributed by atoms with Gasteiger partial charge < -0.3 is 28.5 Å². The molecule has 2 saturated heterocycles. The molecule has 7 aromatic rings. The third kappa shape index (κ3) is 18.5. The number of rotatable bonds is 16. The molecule has 0 aromatic heterocycles. The maximum absolute atomic E-state index is 12.5. The molecule has 0 amide bonds. The van der Waals surface area contributed by atoms with Gasteiger partial charge >= 0.3 is 22.8 Å². The molecule has 646 valence electrons. The van der Waals surface area contributed by atoms with E-state index in [1.807, 2.05) is 70.2 Å². The fourth-order valence-corrected chi connectivity index (χ4v) is 18.8. The number of benzene rings is 7. The molecule has 125 heavy (non-hydrogen) atoms. The predicted octanol–water partition coefficient (Wildman–Crippen LogP) is 12.9. The number of nitrogens with zero attached hydrogens (tertiary/aromatic N) is 15. The molecule has 19 rings (SSSR count). The highest BCUT2D eigenvalue weighted by atomic mass is 16.2. The molecule has 0 radical (unpaired) electrons. The summed E-state index contributed by atoms with van der Waals surface area (Å²) in [5.41, 5.74) is 19.8. The van der Waals surface area contributed by atoms with E-state index in [1.54, 1.807) is 0 Å². The van der Waals surface area contributed by atoms with Crippen molar-refractivity contribution < 1.29 is 0 Å². The van der Waals surface area contributed by atoms with Crippen LogP contribution in [0.3, 0.4) is 0 Å². The summed E-state index contributed by atoms with van der Waals surface area (Å²) in [6, 6.07) is 43.4. The van der Waals surface area contributed by atoms with E-state index in [-0.39, 0.29) is 22.8 Å². The molecule has 1 aliphatic carbocycles. The van der Waals surface area contributed by atoms with Crippen LogP contribution in [-0.4, -0.2) is 140 Å². The monoisotopic (exact) mass is 1680 g/mol. The molecule has 3 fully saturated rings. The number of aromatic amines is 4. The highest BCUT2D eigenvalue weighted by molar-refractivity contribution is 5.84. The first-order valence-corrected chi connectivity index (χ1v) is 44.1. The van der Waals surface area contributed by atoms with Gasteiger partial charge in [0.15, 0.2) is 46.1 Å². The highest BCUT2D eigenvalue weighted by Gasteiger charge is 2.31. The Hall–Kier alpha value is -12.7. The zero-order valence-corrected chi connectivity index (χ0v) is 73.3. The smallest absolute Gasteiger partial charge is 0.349 e. The van der Waals surface area contributed by atoms with Crippen molar-refractivity contribution in [2.75, 3.05) is 50.7 Å². The van der Waals surface area contributed by atoms with Gasteiger partial charge in [-0.25, -0.2) is 39.1 Å². The normalized spacial score (nSPS) is 16.2. The van der Waals surface area contributed by atoms with E-state index in [9.17, 15) is 38.4 Å². The van der Waals surface area contributed by atoms with Gasteiger partial charge in [-0.3, -0.25) is 48.9 Å². The van der Waals surface area contributed by atoms with Crippen molar-refractivity contribution in [1.82, 2.24) is 93.2 Å². The lowest BCUT2D eigenvalue weighted by Gasteiger charge is -2.37. The zero-order chi connectivity index (χ0) is 87.6. The quantitative estimate of drug-likeness (QED) is 0.0561. The first-order chi connectivity index (χ1) is 60.3. The Balaban J connectivity index is 0.000000123. The molecule has 0 bridgehead atoms. The van der Waals surface area contributed by atoms with Gasteiger partial charge in [-0.1, -0.05) is 104 Å². The summed E-state index contributed by atoms with van der Waals surface area (Å²) in [7, 11) is 0. The molecule has 7 aromatic carbocycles. The first kappa shape index (κ1) is 85.9. The Morgan fingerprint density at radius 3 is 1.18 bits per heavy atom. The minimum Gasteiger partial charge on any atom is -0.370 e. The third-order valence-corrected chi connectivity index (χ3v) is 26.3. The van der Waals surface area contributed by atoms with E-state index >= 15 is 0 Å². The Bertz CT molecular complexity index is 6930. The van der Waals surface area contributed by atoms with Crippen LogP contribution < -0.4 is 55.2 Å². The third-order valence-electron chi connectivity index (χ3n) is 26.3. The standard InChI is InChI=1S/2C26H29N5O2.C23H23N5O2.C22H29N5O2/c1-16-8-4-5-9-19(16)21-10-6-7-11-30(21)12-13-31-22-15-18(3)17(2)14-20(22)27-23-24(31)28-26(33)29-25(23)32;1-16-7-9-19(10-8-16)21-6-4-5-11-30(21)12-13-31-22-15-18(3)17(2)14-20(22)27-23-24(31)28-26(33)29-25(23)32;1-14-12-17-19(13-15(14)2)28(21-20(24-17)22(29)26-23(30)25-21)11-10-27-9-5-7-16-6-3-4-8-18(16)27;1-13-11-17-18(12-14(13)2)27(20-19(24-17)21(28)26-22(29)25-20)10-9-23-15(3)16-7-5-4-6-8-16/h4-5,8-9,14-15,21H,6-7,10-13H2,1-3H3,(H,29,32,33);7-10,14-15,21H,4-6,11-13H2,1-3H3,(H,29,32,33);3-4,6,8,12-13H,5,7,9-11H2,1-2H3,(H,26,29,30);11-12,15-16,23H,4-10H2,1-3H3,(H,26,28,29). The van der Waals surface area contributed by atoms with Crippen LogP contribution in [0.15, 0.2) is 160 Å². The molecule has 3 unspecified atom stereocenters. The summed E-state index contributed by atoms with van der Waals surface area (Å²) >= 11 is 0. The molecule has 28 nitrogen and oxygen atoms in total. The Labute approximate surface area is 722 Å². The Kier molecular flexibility index (Phi) is 25.4. The van der Waals surface area contributed by atoms with Crippen LogP contribution in [0.25, 0.3) is 90.2 Å². The lowest BCUT2D eigenvalue weighted by atomic mass is 9.84. The van der Waals surface area contributed by atoms with Crippen molar-refractivity contribution >= 4 is 49.8 Å². The molecular weight excluding hydrogens is 1570 g/mol. The van der Waals surface area contributed by atoms with Gasteiger partial charge in [0.25, 0.3) is 22.2 Å². The second-order valence-corrected chi connectivity index (χ2v) is 34.7. The number of H-pyrrole nitrogens is 4. The summed E-state index contributed by atoms with van der Waals surface area (Å²) in [6.45, 7) is 31.5. The van der Waals surface area contributed by atoms with Crippen molar-refractivity contribution in [2.45, 2.75) is 204 Å². The number of para-hydroxylation sites is 1. The highest BCUT2D eigenvalue weighted by Crippen LogP contribution is 2.37. The molecule has 1 saturated carbocycles. The first-order valence-electron chi connectivity index (χ1n) is 44.1. The van der Waals surface area contributed by atoms with E-state index in [4.69, 9.17) is 0 Å². The van der Waals surface area contributed by atoms with Crippen LogP contribution in [-0.2, 0) is 32.6 Å². The van der Waals surface area contributed by atoms with Crippen LogP contribution in [0.1, 0.15) is 168 Å². The summed E-state index contributed by atoms with van der Waals surface area (Å²) < 4.78 is 7.94. The van der Waals surface area contributed by atoms with Gasteiger partial charge in [-0.2, -0.15) is 19.9 Å². The molecule has 0 spiro atoms. The molecular formula is C97H110N20O8. The minimum atomic E-state index is -0.644. The van der Waals surface area contributed by atoms with Crippen molar-refractivity contribution in [1.29, 1.82) is 0 Å². The van der Waals surface area contributed by atoms with Gasteiger partial charge in [0.2, 0.25) is 0 Å². The van der Waals surface area contributed by atoms with E-state index < -0.39 is 45.0 Å². The van der Waals surface area contributed by atoms with Gasteiger partial charge in [0.05, 0.1) is 44.1 Å². The van der Waals surface area contributed by atoms with Crippen LogP contribution in [0.2, 0.25) is 0 Å². The number of anilines is 1. The number of hydrogen-bond acceptors (Lipinski definition) is 20. The average molecular weight is 1680 g/mol. The molecule has 12 aliphatic rings. The second kappa shape index (κ2) is 37.0. The summed E-state index contributed by atoms with van der Waals surface area (Å²) in [4.78, 5) is 149. The molecule has 28 heteroatoms. The Morgan fingerprint density at radius 1 is 0.360 bits per heavy atom. The van der Waals surface area contributed by atoms with E-state index in [1.165, 1.54) is 91.3 Å². The van der Waals surface area contributed by atoms with Gasteiger partial charge in [0.1, 0.15) is 0 Å². The predicted molar refractivity (Wildman–Crippen MR) is 492 cm³/mol. The lowest BCUT2D eigenvalue weighted by molar-refractivity contribution is 0.143. The molecule has 11 heterocycles. The maximum atomic E-state index is 12.5. The van der Waals surface area contributed by atoms with E-state index in [0.29, 0.717) is 67.6 Å². The average Bonchev–Trinajstić information content (AvgIpc) is 0.768. The number of aryl methyl sites for hydroxylation is 11.